The fraction of sp³-hybridized carbons (Fsp3) is 0.308. The van der Waals surface area contributed by atoms with E-state index in [0.717, 1.165) is 18.2 Å². The Morgan fingerprint density at radius 2 is 2.05 bits per heavy atom. The number of hydrogen-bond donors (Lipinski definition) is 1. The zero-order chi connectivity index (χ0) is 15.8. The van der Waals surface area contributed by atoms with E-state index in [1.165, 1.54) is 4.68 Å². The molecular formula is C13H12F3N3O2. The van der Waals surface area contributed by atoms with Crippen LogP contribution < -0.4 is 11.2 Å². The van der Waals surface area contributed by atoms with Crippen LogP contribution in [0, 0.1) is 0 Å². The van der Waals surface area contributed by atoms with Gasteiger partial charge >= 0.3 is 6.18 Å². The van der Waals surface area contributed by atoms with Crippen LogP contribution in [0.4, 0.5) is 13.2 Å². The normalized spacial score (nSPS) is 11.8. The van der Waals surface area contributed by atoms with Gasteiger partial charge < -0.3 is 5.73 Å². The molecule has 0 aliphatic heterocycles. The number of aromatic nitrogens is 2. The van der Waals surface area contributed by atoms with Crippen LogP contribution in [0.2, 0.25) is 0 Å². The van der Waals surface area contributed by atoms with E-state index in [-0.39, 0.29) is 29.6 Å². The van der Waals surface area contributed by atoms with Crippen molar-refractivity contribution in [1.29, 1.82) is 0 Å². The number of primary amides is 1. The summed E-state index contributed by atoms with van der Waals surface area (Å²) in [5.41, 5.74) is 3.59. The van der Waals surface area contributed by atoms with E-state index in [2.05, 4.69) is 5.10 Å². The quantitative estimate of drug-likeness (QED) is 0.932. The average Bonchev–Trinajstić information content (AvgIpc) is 2.40. The Bertz CT molecular complexity index is 766. The lowest BCUT2D eigenvalue weighted by Crippen LogP contribution is -2.25. The van der Waals surface area contributed by atoms with Crippen molar-refractivity contribution in [1.82, 2.24) is 9.78 Å². The van der Waals surface area contributed by atoms with Gasteiger partial charge in [-0.25, -0.2) is 0 Å². The van der Waals surface area contributed by atoms with E-state index in [0.29, 0.717) is 0 Å². The Morgan fingerprint density at radius 1 is 1.38 bits per heavy atom. The number of rotatable bonds is 3. The van der Waals surface area contributed by atoms with Crippen LogP contribution in [0.5, 0.6) is 0 Å². The minimum Gasteiger partial charge on any atom is -0.369 e. The number of alkyl halides is 3. The van der Waals surface area contributed by atoms with E-state index in [1.54, 1.807) is 6.92 Å². The van der Waals surface area contributed by atoms with E-state index < -0.39 is 23.1 Å². The molecule has 5 nitrogen and oxygen atoms in total. The molecule has 2 N–H and O–H groups in total. The minimum absolute atomic E-state index is 0.0726. The lowest BCUT2D eigenvalue weighted by atomic mass is 10.1. The maximum atomic E-state index is 12.7. The number of fused-ring (bicyclic) bond motifs is 1. The van der Waals surface area contributed by atoms with Crippen molar-refractivity contribution in [2.45, 2.75) is 26.1 Å². The molecule has 0 saturated carbocycles. The SMILES string of the molecule is CCn1nc(CC(N)=O)c(=O)c2ccc(C(F)(F)F)cc21. The summed E-state index contributed by atoms with van der Waals surface area (Å²) in [4.78, 5) is 23.1. The van der Waals surface area contributed by atoms with Crippen molar-refractivity contribution in [3.8, 4) is 0 Å². The zero-order valence-corrected chi connectivity index (χ0v) is 11.1. The number of carbonyl (C=O) groups is 1. The second-order valence-electron chi connectivity index (χ2n) is 4.46. The highest BCUT2D eigenvalue weighted by molar-refractivity contribution is 5.82. The molecule has 1 amide bonds. The van der Waals surface area contributed by atoms with Crippen molar-refractivity contribution in [3.05, 3.63) is 39.7 Å². The molecule has 0 aliphatic carbocycles. The lowest BCUT2D eigenvalue weighted by molar-refractivity contribution is -0.137. The molecule has 0 saturated heterocycles. The van der Waals surface area contributed by atoms with Gasteiger partial charge in [0.1, 0.15) is 5.69 Å². The molecule has 0 radical (unpaired) electrons. The van der Waals surface area contributed by atoms with Crippen LogP contribution in [0.25, 0.3) is 10.9 Å². The number of amides is 1. The van der Waals surface area contributed by atoms with E-state index in [9.17, 15) is 22.8 Å². The molecule has 112 valence electrons. The maximum Gasteiger partial charge on any atom is 0.416 e. The van der Waals surface area contributed by atoms with Crippen molar-refractivity contribution < 1.29 is 18.0 Å². The van der Waals surface area contributed by atoms with Gasteiger partial charge in [0, 0.05) is 11.9 Å². The Balaban J connectivity index is 2.76. The van der Waals surface area contributed by atoms with Gasteiger partial charge in [0.05, 0.1) is 17.5 Å². The highest BCUT2D eigenvalue weighted by Gasteiger charge is 2.31. The number of hydrogen-bond acceptors (Lipinski definition) is 3. The van der Waals surface area contributed by atoms with Crippen LogP contribution >= 0.6 is 0 Å². The lowest BCUT2D eigenvalue weighted by Gasteiger charge is -2.12. The largest absolute Gasteiger partial charge is 0.416 e. The number of halogens is 3. The predicted molar refractivity (Wildman–Crippen MR) is 69.6 cm³/mol. The molecule has 0 fully saturated rings. The van der Waals surface area contributed by atoms with E-state index >= 15 is 0 Å². The molecule has 0 bridgehead atoms. The number of carbonyl (C=O) groups excluding carboxylic acids is 1. The van der Waals surface area contributed by atoms with E-state index in [4.69, 9.17) is 5.73 Å². The topological polar surface area (TPSA) is 78.0 Å². The molecule has 0 unspecified atom stereocenters. The van der Waals surface area contributed by atoms with Gasteiger partial charge in [-0.1, -0.05) is 0 Å². The third kappa shape index (κ3) is 2.88. The summed E-state index contributed by atoms with van der Waals surface area (Å²) in [6, 6.07) is 2.80. The summed E-state index contributed by atoms with van der Waals surface area (Å²) in [6.45, 7) is 1.93. The standard InChI is InChI=1S/C13H12F3N3O2/c1-2-19-10-5-7(13(14,15)16)3-4-8(10)12(21)9(18-19)6-11(17)20/h3-5H,2,6H2,1H3,(H2,17,20). The van der Waals surface area contributed by atoms with Crippen molar-refractivity contribution >= 4 is 16.8 Å². The summed E-state index contributed by atoms with van der Waals surface area (Å²) in [6.07, 6.45) is -4.86. The Labute approximate surface area is 117 Å². The second-order valence-corrected chi connectivity index (χ2v) is 4.46. The molecule has 2 aromatic rings. The third-order valence-corrected chi connectivity index (χ3v) is 2.99. The highest BCUT2D eigenvalue weighted by Crippen LogP contribution is 2.30. The fourth-order valence-electron chi connectivity index (χ4n) is 2.04. The van der Waals surface area contributed by atoms with Crippen LogP contribution in [0.15, 0.2) is 23.0 Å². The van der Waals surface area contributed by atoms with Crippen LogP contribution in [0.1, 0.15) is 18.2 Å². The number of benzene rings is 1. The van der Waals surface area contributed by atoms with Crippen molar-refractivity contribution in [2.75, 3.05) is 0 Å². The molecule has 21 heavy (non-hydrogen) atoms. The zero-order valence-electron chi connectivity index (χ0n) is 11.1. The molecule has 0 atom stereocenters. The van der Waals surface area contributed by atoms with Gasteiger partial charge in [-0.05, 0) is 25.1 Å². The molecule has 0 aliphatic rings. The number of nitrogens with two attached hydrogens (primary N) is 1. The minimum atomic E-state index is -4.51. The van der Waals surface area contributed by atoms with Gasteiger partial charge in [-0.2, -0.15) is 18.3 Å². The first-order chi connectivity index (χ1) is 9.74. The molecular weight excluding hydrogens is 287 g/mol. The molecule has 1 aromatic heterocycles. The smallest absolute Gasteiger partial charge is 0.369 e. The molecule has 1 aromatic carbocycles. The Kier molecular flexibility index (Phi) is 3.71. The summed E-state index contributed by atoms with van der Waals surface area (Å²) < 4.78 is 39.5. The summed E-state index contributed by atoms with van der Waals surface area (Å²) in [5.74, 6) is -0.728. The van der Waals surface area contributed by atoms with Gasteiger partial charge in [0.25, 0.3) is 0 Å². The monoisotopic (exact) mass is 299 g/mol. The van der Waals surface area contributed by atoms with Crippen LogP contribution in [0.3, 0.4) is 0 Å². The van der Waals surface area contributed by atoms with Gasteiger partial charge in [-0.15, -0.1) is 0 Å². The predicted octanol–water partition coefficient (Wildman–Crippen LogP) is 1.46. The number of nitrogens with zero attached hydrogens (tertiary/aromatic N) is 2. The summed E-state index contributed by atoms with van der Waals surface area (Å²) in [5, 5.41) is 4.00. The molecule has 2 rings (SSSR count). The maximum absolute atomic E-state index is 12.7. The Hall–Kier alpha value is -2.38. The Morgan fingerprint density at radius 3 is 2.57 bits per heavy atom. The van der Waals surface area contributed by atoms with Gasteiger partial charge in [0.2, 0.25) is 11.3 Å². The fourth-order valence-corrected chi connectivity index (χ4v) is 2.04. The van der Waals surface area contributed by atoms with Crippen LogP contribution in [-0.2, 0) is 23.9 Å². The van der Waals surface area contributed by atoms with Gasteiger partial charge in [-0.3, -0.25) is 14.3 Å². The van der Waals surface area contributed by atoms with Crippen LogP contribution in [-0.4, -0.2) is 15.7 Å². The summed E-state index contributed by atoms with van der Waals surface area (Å²) >= 11 is 0. The summed E-state index contributed by atoms with van der Waals surface area (Å²) in [7, 11) is 0. The third-order valence-electron chi connectivity index (χ3n) is 2.99. The van der Waals surface area contributed by atoms with Crippen molar-refractivity contribution in [2.24, 2.45) is 5.73 Å². The first-order valence-corrected chi connectivity index (χ1v) is 6.13. The first-order valence-electron chi connectivity index (χ1n) is 6.13. The highest BCUT2D eigenvalue weighted by atomic mass is 19.4. The first kappa shape index (κ1) is 15.0. The van der Waals surface area contributed by atoms with Crippen molar-refractivity contribution in [3.63, 3.8) is 0 Å². The molecule has 8 heteroatoms. The molecule has 0 spiro atoms. The number of aryl methyl sites for hydroxylation is 1. The van der Waals surface area contributed by atoms with E-state index in [1.807, 2.05) is 0 Å². The van der Waals surface area contributed by atoms with Gasteiger partial charge in [0.15, 0.2) is 0 Å². The second kappa shape index (κ2) is 5.19. The average molecular weight is 299 g/mol. The molecule has 1 heterocycles.